The van der Waals surface area contributed by atoms with Crippen LogP contribution in [0.2, 0.25) is 0 Å². The highest BCUT2D eigenvalue weighted by molar-refractivity contribution is 7.17. The molecule has 0 spiro atoms. The first-order chi connectivity index (χ1) is 16.0. The number of fused-ring (bicyclic) bond motifs is 2. The Morgan fingerprint density at radius 3 is 2.45 bits per heavy atom. The molecule has 1 aliphatic carbocycles. The SMILES string of the molecule is Cc1c(-c2ccccc2)nc2ccccc2c1C(=O)Nc1sc2c(c1C(N)=O)CCCCC2. The molecule has 33 heavy (non-hydrogen) atoms. The van der Waals surface area contributed by atoms with Crippen LogP contribution in [0.3, 0.4) is 0 Å². The lowest BCUT2D eigenvalue weighted by atomic mass is 9.97. The van der Waals surface area contributed by atoms with Gasteiger partial charge in [-0.2, -0.15) is 0 Å². The van der Waals surface area contributed by atoms with Crippen LogP contribution in [-0.2, 0) is 12.8 Å². The Kier molecular flexibility index (Phi) is 5.68. The number of anilines is 1. The zero-order chi connectivity index (χ0) is 22.9. The van der Waals surface area contributed by atoms with Crippen molar-refractivity contribution in [2.45, 2.75) is 39.0 Å². The average Bonchev–Trinajstić information content (AvgIpc) is 2.99. The van der Waals surface area contributed by atoms with Crippen LogP contribution in [0.1, 0.15) is 56.0 Å². The molecule has 5 rings (SSSR count). The zero-order valence-corrected chi connectivity index (χ0v) is 19.3. The molecule has 3 N–H and O–H groups in total. The van der Waals surface area contributed by atoms with Crippen molar-refractivity contribution in [3.63, 3.8) is 0 Å². The number of hydrogen-bond acceptors (Lipinski definition) is 4. The number of primary amides is 1. The molecule has 2 amide bonds. The molecule has 0 bridgehead atoms. The lowest BCUT2D eigenvalue weighted by molar-refractivity contribution is 0.100. The van der Waals surface area contributed by atoms with E-state index in [1.54, 1.807) is 0 Å². The summed E-state index contributed by atoms with van der Waals surface area (Å²) in [5, 5.41) is 4.39. The third-order valence-corrected chi connectivity index (χ3v) is 7.51. The van der Waals surface area contributed by atoms with Crippen LogP contribution in [0, 0.1) is 6.92 Å². The number of aryl methyl sites for hydroxylation is 1. The second-order valence-electron chi connectivity index (χ2n) is 8.43. The van der Waals surface area contributed by atoms with Crippen LogP contribution < -0.4 is 11.1 Å². The molecule has 0 saturated carbocycles. The van der Waals surface area contributed by atoms with Crippen molar-refractivity contribution in [3.05, 3.63) is 81.7 Å². The van der Waals surface area contributed by atoms with Crippen molar-refractivity contribution in [2.75, 3.05) is 5.32 Å². The van der Waals surface area contributed by atoms with Gasteiger partial charge in [0.1, 0.15) is 5.00 Å². The van der Waals surface area contributed by atoms with E-state index in [4.69, 9.17) is 10.7 Å². The number of amides is 2. The molecule has 6 heteroatoms. The molecule has 2 aromatic carbocycles. The van der Waals surface area contributed by atoms with Gasteiger partial charge < -0.3 is 11.1 Å². The summed E-state index contributed by atoms with van der Waals surface area (Å²) in [5.74, 6) is -0.729. The molecular weight excluding hydrogens is 430 g/mol. The Morgan fingerprint density at radius 2 is 1.67 bits per heavy atom. The van der Waals surface area contributed by atoms with Gasteiger partial charge in [0.15, 0.2) is 0 Å². The molecule has 0 fully saturated rings. The fourth-order valence-electron chi connectivity index (χ4n) is 4.73. The van der Waals surface area contributed by atoms with Crippen LogP contribution in [0.5, 0.6) is 0 Å². The maximum atomic E-state index is 13.7. The van der Waals surface area contributed by atoms with Gasteiger partial charge in [0.05, 0.1) is 22.3 Å². The number of pyridine rings is 1. The maximum absolute atomic E-state index is 13.7. The lowest BCUT2D eigenvalue weighted by Crippen LogP contribution is -2.19. The average molecular weight is 456 g/mol. The van der Waals surface area contributed by atoms with Crippen LogP contribution in [-0.4, -0.2) is 16.8 Å². The van der Waals surface area contributed by atoms with E-state index in [0.29, 0.717) is 16.1 Å². The number of para-hydroxylation sites is 1. The van der Waals surface area contributed by atoms with Gasteiger partial charge in [0.2, 0.25) is 0 Å². The number of aromatic nitrogens is 1. The number of carbonyl (C=O) groups is 2. The minimum Gasteiger partial charge on any atom is -0.365 e. The largest absolute Gasteiger partial charge is 0.365 e. The Morgan fingerprint density at radius 1 is 0.939 bits per heavy atom. The van der Waals surface area contributed by atoms with E-state index in [-0.39, 0.29) is 5.91 Å². The topological polar surface area (TPSA) is 85.1 Å². The number of hydrogen-bond donors (Lipinski definition) is 2. The first-order valence-corrected chi connectivity index (χ1v) is 12.1. The first kappa shape index (κ1) is 21.3. The summed E-state index contributed by atoms with van der Waals surface area (Å²) >= 11 is 1.49. The van der Waals surface area contributed by atoms with Gasteiger partial charge in [-0.3, -0.25) is 9.59 Å². The predicted octanol–water partition coefficient (Wildman–Crippen LogP) is 5.89. The molecule has 0 atom stereocenters. The molecule has 4 aromatic rings. The van der Waals surface area contributed by atoms with Gasteiger partial charge in [-0.25, -0.2) is 4.98 Å². The Bertz CT molecular complexity index is 1380. The van der Waals surface area contributed by atoms with Gasteiger partial charge in [0, 0.05) is 15.8 Å². The number of benzene rings is 2. The van der Waals surface area contributed by atoms with Gasteiger partial charge in [-0.15, -0.1) is 11.3 Å². The molecule has 0 saturated heterocycles. The number of rotatable bonds is 4. The van der Waals surface area contributed by atoms with E-state index < -0.39 is 5.91 Å². The van der Waals surface area contributed by atoms with E-state index in [1.165, 1.54) is 11.3 Å². The zero-order valence-electron chi connectivity index (χ0n) is 18.5. The van der Waals surface area contributed by atoms with E-state index >= 15 is 0 Å². The van der Waals surface area contributed by atoms with Crippen molar-refractivity contribution >= 4 is 39.1 Å². The van der Waals surface area contributed by atoms with Gasteiger partial charge >= 0.3 is 0 Å². The second-order valence-corrected chi connectivity index (χ2v) is 9.54. The van der Waals surface area contributed by atoms with Crippen molar-refractivity contribution in [3.8, 4) is 11.3 Å². The van der Waals surface area contributed by atoms with Crippen LogP contribution >= 0.6 is 11.3 Å². The molecule has 5 nitrogen and oxygen atoms in total. The van der Waals surface area contributed by atoms with Crippen molar-refractivity contribution in [1.82, 2.24) is 4.98 Å². The van der Waals surface area contributed by atoms with Crippen LogP contribution in [0.15, 0.2) is 54.6 Å². The van der Waals surface area contributed by atoms with Crippen molar-refractivity contribution < 1.29 is 9.59 Å². The summed E-state index contributed by atoms with van der Waals surface area (Å²) in [6.45, 7) is 1.93. The summed E-state index contributed by atoms with van der Waals surface area (Å²) < 4.78 is 0. The van der Waals surface area contributed by atoms with E-state index in [1.807, 2.05) is 61.5 Å². The molecule has 166 valence electrons. The highest BCUT2D eigenvalue weighted by Gasteiger charge is 2.26. The van der Waals surface area contributed by atoms with Crippen LogP contribution in [0.4, 0.5) is 5.00 Å². The minimum atomic E-state index is -0.481. The van der Waals surface area contributed by atoms with E-state index in [9.17, 15) is 9.59 Å². The fourth-order valence-corrected chi connectivity index (χ4v) is 6.02. The van der Waals surface area contributed by atoms with Crippen LogP contribution in [0.25, 0.3) is 22.2 Å². The highest BCUT2D eigenvalue weighted by Crippen LogP contribution is 2.38. The first-order valence-electron chi connectivity index (χ1n) is 11.2. The number of carbonyl (C=O) groups excluding carboxylic acids is 2. The lowest BCUT2D eigenvalue weighted by Gasteiger charge is -2.15. The standard InChI is InChI=1S/C27H25N3O2S/c1-16-22(18-12-8-9-14-20(18)29-24(16)17-10-4-2-5-11-17)26(32)30-27-23(25(28)31)19-13-6-3-7-15-21(19)33-27/h2,4-5,8-12,14H,3,6-7,13,15H2,1H3,(H2,28,31)(H,30,32). The van der Waals surface area contributed by atoms with Gasteiger partial charge in [0.25, 0.3) is 11.8 Å². The molecule has 2 aromatic heterocycles. The Balaban J connectivity index is 1.63. The summed E-state index contributed by atoms with van der Waals surface area (Å²) in [4.78, 5) is 32.1. The van der Waals surface area contributed by atoms with Crippen molar-refractivity contribution in [2.24, 2.45) is 5.73 Å². The molecular formula is C27H25N3O2S. The molecule has 0 aliphatic heterocycles. The number of thiophene rings is 1. The minimum absolute atomic E-state index is 0.248. The maximum Gasteiger partial charge on any atom is 0.257 e. The van der Waals surface area contributed by atoms with E-state index in [0.717, 1.165) is 70.3 Å². The second kappa shape index (κ2) is 8.79. The summed E-state index contributed by atoms with van der Waals surface area (Å²) in [5.41, 5.74) is 11.1. The monoisotopic (exact) mass is 455 g/mol. The number of nitrogens with one attached hydrogen (secondary N) is 1. The smallest absolute Gasteiger partial charge is 0.257 e. The molecule has 2 heterocycles. The summed E-state index contributed by atoms with van der Waals surface area (Å²) in [6.07, 6.45) is 5.02. The number of nitrogens with two attached hydrogens (primary N) is 1. The van der Waals surface area contributed by atoms with Crippen molar-refractivity contribution in [1.29, 1.82) is 0 Å². The number of nitrogens with zero attached hydrogens (tertiary/aromatic N) is 1. The fraction of sp³-hybridized carbons (Fsp3) is 0.222. The van der Waals surface area contributed by atoms with Gasteiger partial charge in [-0.1, -0.05) is 55.0 Å². The Hall–Kier alpha value is -3.51. The van der Waals surface area contributed by atoms with E-state index in [2.05, 4.69) is 5.32 Å². The highest BCUT2D eigenvalue weighted by atomic mass is 32.1. The molecule has 0 unspecified atom stereocenters. The summed E-state index contributed by atoms with van der Waals surface area (Å²) in [7, 11) is 0. The third kappa shape index (κ3) is 3.91. The molecule has 0 radical (unpaired) electrons. The predicted molar refractivity (Wildman–Crippen MR) is 134 cm³/mol. The van der Waals surface area contributed by atoms with Gasteiger partial charge in [-0.05, 0) is 49.8 Å². The summed E-state index contributed by atoms with van der Waals surface area (Å²) in [6, 6.07) is 17.5. The quantitative estimate of drug-likeness (QED) is 0.376. The third-order valence-electron chi connectivity index (χ3n) is 6.30. The normalized spacial score (nSPS) is 13.4. The Labute approximate surface area is 196 Å². The molecule has 1 aliphatic rings.